The summed E-state index contributed by atoms with van der Waals surface area (Å²) >= 11 is 0. The Balaban J connectivity index is 1.19. The van der Waals surface area contributed by atoms with Gasteiger partial charge in [0.2, 0.25) is 5.91 Å². The van der Waals surface area contributed by atoms with Crippen molar-refractivity contribution in [1.82, 2.24) is 5.32 Å². The van der Waals surface area contributed by atoms with E-state index in [0.717, 1.165) is 22.3 Å². The average molecular weight is 456 g/mol. The van der Waals surface area contributed by atoms with Gasteiger partial charge in [-0.25, -0.2) is 9.59 Å². The van der Waals surface area contributed by atoms with Crippen molar-refractivity contribution in [3.05, 3.63) is 89.5 Å². The summed E-state index contributed by atoms with van der Waals surface area (Å²) in [6.07, 6.45) is 0.641. The van der Waals surface area contributed by atoms with Crippen molar-refractivity contribution in [2.45, 2.75) is 18.8 Å². The molecule has 0 radical (unpaired) electrons. The zero-order valence-corrected chi connectivity index (χ0v) is 18.4. The molecule has 3 aromatic carbocycles. The van der Waals surface area contributed by atoms with Gasteiger partial charge in [0.05, 0.1) is 16.7 Å². The van der Waals surface area contributed by atoms with Gasteiger partial charge in [0.25, 0.3) is 0 Å². The molecule has 0 bridgehead atoms. The summed E-state index contributed by atoms with van der Waals surface area (Å²) in [5.74, 6) is -1.46. The van der Waals surface area contributed by atoms with Crippen LogP contribution in [0, 0.1) is 5.41 Å². The maximum atomic E-state index is 12.8. The van der Waals surface area contributed by atoms with E-state index in [0.29, 0.717) is 12.8 Å². The number of benzene rings is 3. The molecule has 0 heterocycles. The van der Waals surface area contributed by atoms with Crippen molar-refractivity contribution in [2.24, 2.45) is 5.41 Å². The molecule has 0 aliphatic heterocycles. The van der Waals surface area contributed by atoms with Crippen LogP contribution in [0.5, 0.6) is 0 Å². The average Bonchev–Trinajstić information content (AvgIpc) is 3.58. The summed E-state index contributed by atoms with van der Waals surface area (Å²) in [5, 5.41) is 14.7. The van der Waals surface area contributed by atoms with Crippen molar-refractivity contribution < 1.29 is 24.2 Å². The molecule has 0 spiro atoms. The summed E-state index contributed by atoms with van der Waals surface area (Å²) in [7, 11) is 0. The first-order valence-corrected chi connectivity index (χ1v) is 11.2. The lowest BCUT2D eigenvalue weighted by Crippen LogP contribution is -2.37. The number of anilines is 1. The van der Waals surface area contributed by atoms with E-state index in [1.54, 1.807) is 18.2 Å². The predicted octanol–water partition coefficient (Wildman–Crippen LogP) is 4.64. The molecule has 0 saturated heterocycles. The number of rotatable bonds is 7. The van der Waals surface area contributed by atoms with Crippen LogP contribution >= 0.6 is 0 Å². The van der Waals surface area contributed by atoms with Crippen LogP contribution < -0.4 is 10.6 Å². The predicted molar refractivity (Wildman–Crippen MR) is 127 cm³/mol. The van der Waals surface area contributed by atoms with Crippen LogP contribution in [0.1, 0.15) is 40.2 Å². The molecule has 0 unspecified atom stereocenters. The Kier molecular flexibility index (Phi) is 5.53. The number of hydrogen-bond donors (Lipinski definition) is 3. The molecule has 1 saturated carbocycles. The molecule has 34 heavy (non-hydrogen) atoms. The lowest BCUT2D eigenvalue weighted by molar-refractivity contribution is -0.120. The number of carbonyl (C=O) groups excluding carboxylic acids is 2. The number of aromatic carboxylic acids is 1. The van der Waals surface area contributed by atoms with E-state index in [9.17, 15) is 19.5 Å². The Hall–Kier alpha value is -4.13. The molecule has 3 N–H and O–H groups in total. The van der Waals surface area contributed by atoms with Crippen LogP contribution in [0.15, 0.2) is 72.8 Å². The molecular weight excluding hydrogens is 432 g/mol. The van der Waals surface area contributed by atoms with Gasteiger partial charge in [0, 0.05) is 12.5 Å². The number of para-hydroxylation sites is 1. The molecule has 172 valence electrons. The standard InChI is InChI=1S/C27H24N2O5/c30-24(31)21-11-5-6-12-23(21)29-25(32)27(13-14-27)16-28-26(33)34-15-22-19-9-3-1-7-17(19)18-8-2-4-10-20(18)22/h1-12,22H,13-16H2,(H,28,33)(H,29,32)(H,30,31). The Morgan fingerprint density at radius 1 is 0.882 bits per heavy atom. The molecule has 2 aliphatic rings. The summed E-state index contributed by atoms with van der Waals surface area (Å²) in [6, 6.07) is 22.5. The molecule has 7 heteroatoms. The number of amides is 2. The maximum Gasteiger partial charge on any atom is 0.407 e. The minimum atomic E-state index is -1.11. The van der Waals surface area contributed by atoms with Gasteiger partial charge < -0.3 is 20.5 Å². The van der Waals surface area contributed by atoms with Gasteiger partial charge in [0.1, 0.15) is 6.61 Å². The highest BCUT2D eigenvalue weighted by molar-refractivity contribution is 6.03. The number of alkyl carbamates (subject to hydrolysis) is 1. The molecular formula is C27H24N2O5. The van der Waals surface area contributed by atoms with E-state index in [-0.39, 0.29) is 36.2 Å². The first kappa shape index (κ1) is 21.7. The van der Waals surface area contributed by atoms with Crippen molar-refractivity contribution >= 4 is 23.7 Å². The number of carboxylic acid groups (broad SMARTS) is 1. The van der Waals surface area contributed by atoms with E-state index >= 15 is 0 Å². The van der Waals surface area contributed by atoms with Gasteiger partial charge in [-0.15, -0.1) is 0 Å². The van der Waals surface area contributed by atoms with Gasteiger partial charge in [-0.1, -0.05) is 60.7 Å². The molecule has 3 aromatic rings. The van der Waals surface area contributed by atoms with Gasteiger partial charge in [0.15, 0.2) is 0 Å². The lowest BCUT2D eigenvalue weighted by atomic mass is 9.98. The molecule has 1 fully saturated rings. The minimum Gasteiger partial charge on any atom is -0.478 e. The quantitative estimate of drug-likeness (QED) is 0.480. The second kappa shape index (κ2) is 8.67. The largest absolute Gasteiger partial charge is 0.478 e. The highest BCUT2D eigenvalue weighted by Gasteiger charge is 2.50. The number of nitrogens with one attached hydrogen (secondary N) is 2. The van der Waals surface area contributed by atoms with Gasteiger partial charge >= 0.3 is 12.1 Å². The third kappa shape index (κ3) is 4.01. The van der Waals surface area contributed by atoms with Crippen molar-refractivity contribution in [3.63, 3.8) is 0 Å². The molecule has 5 rings (SSSR count). The molecule has 2 aliphatic carbocycles. The lowest BCUT2D eigenvalue weighted by Gasteiger charge is -2.18. The maximum absolute atomic E-state index is 12.8. The molecule has 0 atom stereocenters. The minimum absolute atomic E-state index is 0.0242. The fourth-order valence-corrected chi connectivity index (χ4v) is 4.56. The monoisotopic (exact) mass is 456 g/mol. The smallest absolute Gasteiger partial charge is 0.407 e. The van der Waals surface area contributed by atoms with Gasteiger partial charge in [-0.3, -0.25) is 4.79 Å². The third-order valence-corrected chi connectivity index (χ3v) is 6.66. The van der Waals surface area contributed by atoms with Crippen molar-refractivity contribution in [3.8, 4) is 11.1 Å². The van der Waals surface area contributed by atoms with Crippen LogP contribution in [0.4, 0.5) is 10.5 Å². The van der Waals surface area contributed by atoms with Crippen molar-refractivity contribution in [1.29, 1.82) is 0 Å². The van der Waals surface area contributed by atoms with E-state index in [1.807, 2.05) is 24.3 Å². The first-order chi connectivity index (χ1) is 16.5. The van der Waals surface area contributed by atoms with E-state index in [4.69, 9.17) is 4.74 Å². The van der Waals surface area contributed by atoms with Gasteiger partial charge in [-0.2, -0.15) is 0 Å². The second-order valence-electron chi connectivity index (χ2n) is 8.76. The molecule has 0 aromatic heterocycles. The van der Waals surface area contributed by atoms with Gasteiger partial charge in [-0.05, 0) is 47.2 Å². The first-order valence-electron chi connectivity index (χ1n) is 11.2. The highest BCUT2D eigenvalue weighted by Crippen LogP contribution is 2.46. The normalized spacial score (nSPS) is 15.1. The number of ether oxygens (including phenoxy) is 1. The summed E-state index contributed by atoms with van der Waals surface area (Å²) in [5.41, 5.74) is 4.09. The van der Waals surface area contributed by atoms with E-state index in [1.165, 1.54) is 6.07 Å². The SMILES string of the molecule is O=C(NCC1(C(=O)Nc2ccccc2C(=O)O)CC1)OCC1c2ccccc2-c2ccccc21. The Bertz CT molecular complexity index is 1240. The topological polar surface area (TPSA) is 105 Å². The Morgan fingerprint density at radius 3 is 2.09 bits per heavy atom. The highest BCUT2D eigenvalue weighted by atomic mass is 16.5. The number of fused-ring (bicyclic) bond motifs is 3. The Labute approximate surface area is 196 Å². The molecule has 7 nitrogen and oxygen atoms in total. The summed E-state index contributed by atoms with van der Waals surface area (Å²) < 4.78 is 5.55. The van der Waals surface area contributed by atoms with Crippen LogP contribution in [0.25, 0.3) is 11.1 Å². The van der Waals surface area contributed by atoms with Crippen LogP contribution in [0.2, 0.25) is 0 Å². The fourth-order valence-electron chi connectivity index (χ4n) is 4.56. The molecule has 2 amide bonds. The van der Waals surface area contributed by atoms with Crippen LogP contribution in [-0.2, 0) is 9.53 Å². The van der Waals surface area contributed by atoms with Crippen molar-refractivity contribution in [2.75, 3.05) is 18.5 Å². The third-order valence-electron chi connectivity index (χ3n) is 6.66. The van der Waals surface area contributed by atoms with E-state index < -0.39 is 17.5 Å². The second-order valence-corrected chi connectivity index (χ2v) is 8.76. The fraction of sp³-hybridized carbons (Fsp3) is 0.222. The number of carboxylic acids is 1. The zero-order chi connectivity index (χ0) is 23.7. The summed E-state index contributed by atoms with van der Waals surface area (Å²) in [6.45, 7) is 0.329. The Morgan fingerprint density at radius 2 is 1.47 bits per heavy atom. The number of carbonyl (C=O) groups is 3. The van der Waals surface area contributed by atoms with Crippen LogP contribution in [-0.4, -0.2) is 36.2 Å². The number of hydrogen-bond acceptors (Lipinski definition) is 4. The zero-order valence-electron chi connectivity index (χ0n) is 18.4. The summed E-state index contributed by atoms with van der Waals surface area (Å²) in [4.78, 5) is 36.7. The van der Waals surface area contributed by atoms with E-state index in [2.05, 4.69) is 34.9 Å². The van der Waals surface area contributed by atoms with Crippen LogP contribution in [0.3, 0.4) is 0 Å².